The van der Waals surface area contributed by atoms with Crippen LogP contribution in [0.1, 0.15) is 11.8 Å². The third kappa shape index (κ3) is 3.47. The third-order valence-corrected chi connectivity index (χ3v) is 4.90. The maximum atomic E-state index is 12.5. The highest BCUT2D eigenvalue weighted by Crippen LogP contribution is 2.24. The van der Waals surface area contributed by atoms with Crippen molar-refractivity contribution in [3.8, 4) is 11.5 Å². The lowest BCUT2D eigenvalue weighted by molar-refractivity contribution is -0.115. The molecule has 1 aliphatic heterocycles. The van der Waals surface area contributed by atoms with Gasteiger partial charge in [0, 0.05) is 10.9 Å². The zero-order valence-electron chi connectivity index (χ0n) is 14.9. The molecule has 0 aromatic carbocycles. The summed E-state index contributed by atoms with van der Waals surface area (Å²) in [5.74, 6) is 0.193. The molecule has 0 saturated carbocycles. The first-order valence-corrected chi connectivity index (χ1v) is 9.23. The summed E-state index contributed by atoms with van der Waals surface area (Å²) in [6, 6.07) is 8.90. The minimum absolute atomic E-state index is 0.0547. The number of carbonyl (C=O) groups is 2. The van der Waals surface area contributed by atoms with Gasteiger partial charge in [-0.2, -0.15) is 14.8 Å². The second-order valence-corrected chi connectivity index (χ2v) is 7.03. The van der Waals surface area contributed by atoms with Gasteiger partial charge in [0.1, 0.15) is 11.5 Å². The second-order valence-electron chi connectivity index (χ2n) is 6.00. The number of hydrogen-bond acceptors (Lipinski definition) is 6. The first-order chi connectivity index (χ1) is 13.5. The molecular weight excluding hydrogens is 378 g/mol. The van der Waals surface area contributed by atoms with Gasteiger partial charge in [-0.3, -0.25) is 9.59 Å². The Bertz CT molecular complexity index is 1120. The van der Waals surface area contributed by atoms with E-state index in [4.69, 9.17) is 4.42 Å². The number of rotatable bonds is 4. The Morgan fingerprint density at radius 1 is 1.32 bits per heavy atom. The first kappa shape index (κ1) is 17.8. The van der Waals surface area contributed by atoms with Gasteiger partial charge in [-0.1, -0.05) is 12.6 Å². The van der Waals surface area contributed by atoms with Crippen LogP contribution in [0.2, 0.25) is 0 Å². The Labute approximate surface area is 163 Å². The van der Waals surface area contributed by atoms with Crippen molar-refractivity contribution in [1.82, 2.24) is 9.78 Å². The van der Waals surface area contributed by atoms with E-state index >= 15 is 0 Å². The van der Waals surface area contributed by atoms with Crippen LogP contribution in [0, 0.1) is 0 Å². The number of aromatic nitrogens is 2. The fraction of sp³-hybridized carbons (Fsp3) is 0.105. The summed E-state index contributed by atoms with van der Waals surface area (Å²) in [4.78, 5) is 33.7. The molecule has 0 aliphatic carbocycles. The molecule has 3 aromatic rings. The van der Waals surface area contributed by atoms with Crippen molar-refractivity contribution in [2.75, 3.05) is 5.32 Å². The summed E-state index contributed by atoms with van der Waals surface area (Å²) in [6.07, 6.45) is 1.75. The van der Waals surface area contributed by atoms with Gasteiger partial charge in [0.25, 0.3) is 11.9 Å². The molecule has 3 aromatic heterocycles. The molecule has 0 radical (unpaired) electrons. The maximum absolute atomic E-state index is 12.5. The predicted octanol–water partition coefficient (Wildman–Crippen LogP) is 3.15. The Kier molecular flexibility index (Phi) is 4.58. The maximum Gasteiger partial charge on any atom is 0.281 e. The average molecular weight is 393 g/mol. The largest absolute Gasteiger partial charge is 0.463 e. The van der Waals surface area contributed by atoms with Crippen LogP contribution in [0.4, 0.5) is 5.82 Å². The summed E-state index contributed by atoms with van der Waals surface area (Å²) in [5, 5.41) is 9.13. The number of furan rings is 1. The van der Waals surface area contributed by atoms with Gasteiger partial charge >= 0.3 is 0 Å². The molecule has 1 aliphatic rings. The molecule has 0 unspecified atom stereocenters. The molecule has 8 nitrogen and oxygen atoms in total. The zero-order chi connectivity index (χ0) is 19.7. The molecule has 1 N–H and O–H groups in total. The highest BCUT2D eigenvalue weighted by Gasteiger charge is 2.23. The van der Waals surface area contributed by atoms with E-state index in [0.717, 1.165) is 4.88 Å². The van der Waals surface area contributed by atoms with Crippen molar-refractivity contribution in [2.45, 2.75) is 13.3 Å². The van der Waals surface area contributed by atoms with Crippen molar-refractivity contribution < 1.29 is 14.0 Å². The molecule has 4 heterocycles. The van der Waals surface area contributed by atoms with Crippen molar-refractivity contribution in [2.24, 2.45) is 9.98 Å². The first-order valence-electron chi connectivity index (χ1n) is 8.35. The van der Waals surface area contributed by atoms with Crippen LogP contribution >= 0.6 is 11.3 Å². The van der Waals surface area contributed by atoms with Crippen LogP contribution in [0.3, 0.4) is 0 Å². The standard InChI is InChI=1S/C19H15N5O3S/c1-11-12(2)20-19(22-18(11)26)24-16(10-14(23-24)15-6-3-7-27-15)21-17(25)9-13-5-4-8-28-13/h3-8,10H,1,9H2,2H3,(H,21,25). The van der Waals surface area contributed by atoms with Crippen molar-refractivity contribution in [3.63, 3.8) is 0 Å². The normalized spacial score (nSPS) is 14.0. The van der Waals surface area contributed by atoms with Crippen molar-refractivity contribution in [1.29, 1.82) is 0 Å². The molecule has 0 atom stereocenters. The second kappa shape index (κ2) is 7.20. The lowest BCUT2D eigenvalue weighted by Gasteiger charge is -2.12. The Morgan fingerprint density at radius 2 is 2.18 bits per heavy atom. The number of aliphatic imine (C=N–C) groups is 2. The molecule has 4 rings (SSSR count). The SMILES string of the molecule is C=C1C(=O)N=C(n2nc(-c3ccco3)cc2NC(=O)Cc2cccs2)N=C1C. The Morgan fingerprint density at radius 3 is 2.86 bits per heavy atom. The number of thiophene rings is 1. The highest BCUT2D eigenvalue weighted by molar-refractivity contribution is 7.10. The minimum atomic E-state index is -0.492. The van der Waals surface area contributed by atoms with Crippen LogP contribution in [-0.4, -0.2) is 33.3 Å². The van der Waals surface area contributed by atoms with Crippen LogP contribution in [0.5, 0.6) is 0 Å². The van der Waals surface area contributed by atoms with Gasteiger partial charge in [-0.25, -0.2) is 4.99 Å². The zero-order valence-corrected chi connectivity index (χ0v) is 15.7. The van der Waals surface area contributed by atoms with Gasteiger partial charge in [-0.15, -0.1) is 11.3 Å². The van der Waals surface area contributed by atoms with E-state index in [2.05, 4.69) is 27.0 Å². The lowest BCUT2D eigenvalue weighted by Crippen LogP contribution is -2.25. The van der Waals surface area contributed by atoms with Gasteiger partial charge in [0.15, 0.2) is 5.76 Å². The van der Waals surface area contributed by atoms with Gasteiger partial charge in [0.05, 0.1) is 24.0 Å². The summed E-state index contributed by atoms with van der Waals surface area (Å²) < 4.78 is 6.70. The van der Waals surface area contributed by atoms with Gasteiger partial charge in [0.2, 0.25) is 5.91 Å². The molecule has 0 saturated heterocycles. The van der Waals surface area contributed by atoms with Gasteiger partial charge < -0.3 is 9.73 Å². The van der Waals surface area contributed by atoms with Crippen LogP contribution in [0.15, 0.2) is 68.5 Å². The number of carbonyl (C=O) groups excluding carboxylic acids is 2. The molecule has 140 valence electrons. The molecule has 2 amide bonds. The van der Waals surface area contributed by atoms with E-state index in [1.807, 2.05) is 17.5 Å². The Hall–Kier alpha value is -3.59. The highest BCUT2D eigenvalue weighted by atomic mass is 32.1. The number of nitrogens with zero attached hydrogens (tertiary/aromatic N) is 4. The number of nitrogens with one attached hydrogen (secondary N) is 1. The average Bonchev–Trinajstić information content (AvgIpc) is 3.40. The molecular formula is C19H15N5O3S. The molecule has 0 spiro atoms. The van der Waals surface area contributed by atoms with Crippen LogP contribution in [0.25, 0.3) is 11.5 Å². The van der Waals surface area contributed by atoms with Crippen molar-refractivity contribution in [3.05, 3.63) is 59.0 Å². The summed E-state index contributed by atoms with van der Waals surface area (Å²) in [7, 11) is 0. The summed E-state index contributed by atoms with van der Waals surface area (Å²) in [5.41, 5.74) is 1.15. The van der Waals surface area contributed by atoms with Gasteiger partial charge in [-0.05, 0) is 30.5 Å². The van der Waals surface area contributed by atoms with E-state index in [1.165, 1.54) is 22.3 Å². The fourth-order valence-electron chi connectivity index (χ4n) is 2.58. The van der Waals surface area contributed by atoms with E-state index in [-0.39, 0.29) is 23.9 Å². The number of anilines is 1. The molecule has 28 heavy (non-hydrogen) atoms. The minimum Gasteiger partial charge on any atom is -0.463 e. The molecule has 0 bridgehead atoms. The molecule has 0 fully saturated rings. The van der Waals surface area contributed by atoms with E-state index < -0.39 is 5.91 Å². The van der Waals surface area contributed by atoms with Crippen LogP contribution < -0.4 is 5.32 Å². The summed E-state index contributed by atoms with van der Waals surface area (Å²) in [6.45, 7) is 5.33. The topological polar surface area (TPSA) is 102 Å². The van der Waals surface area contributed by atoms with Crippen LogP contribution in [-0.2, 0) is 16.0 Å². The molecule has 9 heteroatoms. The van der Waals surface area contributed by atoms with E-state index in [1.54, 1.807) is 25.1 Å². The predicted molar refractivity (Wildman–Crippen MR) is 107 cm³/mol. The third-order valence-electron chi connectivity index (χ3n) is 4.02. The van der Waals surface area contributed by atoms with E-state index in [0.29, 0.717) is 23.0 Å². The number of hydrogen-bond donors (Lipinski definition) is 1. The quantitative estimate of drug-likeness (QED) is 0.688. The Balaban J connectivity index is 1.70. The fourth-order valence-corrected chi connectivity index (χ4v) is 3.28. The van der Waals surface area contributed by atoms with E-state index in [9.17, 15) is 9.59 Å². The lowest BCUT2D eigenvalue weighted by atomic mass is 10.2. The number of amides is 2. The monoisotopic (exact) mass is 393 g/mol. The van der Waals surface area contributed by atoms with Crippen molar-refractivity contribution >= 4 is 40.6 Å². The smallest absolute Gasteiger partial charge is 0.281 e. The summed E-state index contributed by atoms with van der Waals surface area (Å²) >= 11 is 1.50.